The Labute approximate surface area is 147 Å². The molecule has 0 spiro atoms. The Morgan fingerprint density at radius 3 is 2.64 bits per heavy atom. The number of rotatable bonds is 4. The highest BCUT2D eigenvalue weighted by atomic mass is 16.5. The summed E-state index contributed by atoms with van der Waals surface area (Å²) in [5.74, 6) is 1.17. The molecule has 0 N–H and O–H groups in total. The van der Waals surface area contributed by atoms with Gasteiger partial charge in [0, 0.05) is 26.4 Å². The van der Waals surface area contributed by atoms with E-state index in [1.54, 1.807) is 21.3 Å². The Balaban J connectivity index is 1.84. The molecule has 7 nitrogen and oxygen atoms in total. The van der Waals surface area contributed by atoms with E-state index in [0.29, 0.717) is 36.6 Å². The number of ether oxygens (including phenoxy) is 2. The highest BCUT2D eigenvalue weighted by molar-refractivity contribution is 6.39. The monoisotopic (exact) mass is 345 g/mol. The largest absolute Gasteiger partial charge is 0.493 e. The van der Waals surface area contributed by atoms with Crippen molar-refractivity contribution in [2.75, 3.05) is 27.8 Å². The van der Waals surface area contributed by atoms with Crippen molar-refractivity contribution in [2.45, 2.75) is 31.7 Å². The Kier molecular flexibility index (Phi) is 4.92. The molecule has 1 aromatic carbocycles. The first-order valence-corrected chi connectivity index (χ1v) is 8.42. The van der Waals surface area contributed by atoms with E-state index in [1.807, 2.05) is 23.1 Å². The van der Waals surface area contributed by atoms with Crippen LogP contribution in [0.25, 0.3) is 0 Å². The third kappa shape index (κ3) is 3.31. The van der Waals surface area contributed by atoms with Crippen molar-refractivity contribution in [2.24, 2.45) is 5.10 Å². The normalized spacial score (nSPS) is 20.5. The second-order valence-electron chi connectivity index (χ2n) is 6.24. The van der Waals surface area contributed by atoms with Crippen molar-refractivity contribution in [3.63, 3.8) is 0 Å². The first-order chi connectivity index (χ1) is 12.0. The average molecular weight is 345 g/mol. The lowest BCUT2D eigenvalue weighted by Crippen LogP contribution is -2.40. The highest BCUT2D eigenvalue weighted by Crippen LogP contribution is 2.37. The number of nitrogens with zero attached hydrogens (tertiary/aromatic N) is 3. The van der Waals surface area contributed by atoms with Gasteiger partial charge in [-0.2, -0.15) is 5.10 Å². The fourth-order valence-corrected chi connectivity index (χ4v) is 3.41. The standard InChI is InChI=1S/C18H23N3O4/c1-20-17(22)9-7-13(19-20)18(23)21-10-4-5-14(21)12-6-8-15(24-2)16(11-12)25-3/h6,8,11,14H,4-5,7,9-10H2,1-3H3. The summed E-state index contributed by atoms with van der Waals surface area (Å²) >= 11 is 0. The molecule has 1 aromatic rings. The molecule has 1 atom stereocenters. The lowest BCUT2D eigenvalue weighted by molar-refractivity contribution is -0.130. The molecule has 25 heavy (non-hydrogen) atoms. The first-order valence-electron chi connectivity index (χ1n) is 8.42. The highest BCUT2D eigenvalue weighted by Gasteiger charge is 2.34. The van der Waals surface area contributed by atoms with Crippen LogP contribution in [0.5, 0.6) is 11.5 Å². The summed E-state index contributed by atoms with van der Waals surface area (Å²) in [6.45, 7) is 0.689. The second kappa shape index (κ2) is 7.13. The lowest BCUT2D eigenvalue weighted by Gasteiger charge is -2.28. The minimum absolute atomic E-state index is 0.0158. The Bertz CT molecular complexity index is 716. The van der Waals surface area contributed by atoms with Crippen molar-refractivity contribution in [1.82, 2.24) is 9.91 Å². The molecule has 1 fully saturated rings. The third-order valence-electron chi connectivity index (χ3n) is 4.76. The smallest absolute Gasteiger partial charge is 0.270 e. The van der Waals surface area contributed by atoms with Gasteiger partial charge in [0.1, 0.15) is 5.71 Å². The van der Waals surface area contributed by atoms with E-state index in [0.717, 1.165) is 18.4 Å². The summed E-state index contributed by atoms with van der Waals surface area (Å²) in [5, 5.41) is 5.42. The van der Waals surface area contributed by atoms with Crippen LogP contribution in [0.3, 0.4) is 0 Å². The molecule has 1 unspecified atom stereocenters. The molecule has 2 aliphatic heterocycles. The SMILES string of the molecule is COc1ccc(C2CCCN2C(=O)C2=NN(C)C(=O)CC2)cc1OC. The lowest BCUT2D eigenvalue weighted by atomic mass is 10.0. The zero-order valence-electron chi connectivity index (χ0n) is 14.8. The Morgan fingerprint density at radius 1 is 1.20 bits per heavy atom. The van der Waals surface area contributed by atoms with E-state index >= 15 is 0 Å². The molecule has 0 radical (unpaired) electrons. The van der Waals surface area contributed by atoms with Gasteiger partial charge in [0.15, 0.2) is 11.5 Å². The topological polar surface area (TPSA) is 71.4 Å². The van der Waals surface area contributed by atoms with E-state index in [-0.39, 0.29) is 17.9 Å². The fraction of sp³-hybridized carbons (Fsp3) is 0.500. The number of likely N-dealkylation sites (tertiary alicyclic amines) is 1. The molecule has 2 aliphatic rings. The third-order valence-corrected chi connectivity index (χ3v) is 4.76. The molecule has 0 saturated carbocycles. The number of amides is 2. The van der Waals surface area contributed by atoms with Crippen LogP contribution in [0.2, 0.25) is 0 Å². The fourth-order valence-electron chi connectivity index (χ4n) is 3.41. The van der Waals surface area contributed by atoms with Gasteiger partial charge in [-0.3, -0.25) is 9.59 Å². The van der Waals surface area contributed by atoms with Crippen molar-refractivity contribution in [3.8, 4) is 11.5 Å². The number of carbonyl (C=O) groups excluding carboxylic acids is 2. The van der Waals surface area contributed by atoms with Crippen molar-refractivity contribution in [1.29, 1.82) is 0 Å². The summed E-state index contributed by atoms with van der Waals surface area (Å²) in [4.78, 5) is 26.3. The summed E-state index contributed by atoms with van der Waals surface area (Å²) in [5.41, 5.74) is 1.47. The second-order valence-corrected chi connectivity index (χ2v) is 6.24. The molecule has 7 heteroatoms. The summed E-state index contributed by atoms with van der Waals surface area (Å²) in [6, 6.07) is 5.74. The van der Waals surface area contributed by atoms with Crippen LogP contribution >= 0.6 is 0 Å². The van der Waals surface area contributed by atoms with Crippen LogP contribution in [-0.4, -0.2) is 55.2 Å². The maximum absolute atomic E-state index is 12.9. The average Bonchev–Trinajstić information content (AvgIpc) is 3.12. The number of hydrazone groups is 1. The Hall–Kier alpha value is -2.57. The minimum atomic E-state index is -0.0864. The van der Waals surface area contributed by atoms with Gasteiger partial charge in [-0.15, -0.1) is 0 Å². The van der Waals surface area contributed by atoms with E-state index in [4.69, 9.17) is 9.47 Å². The quantitative estimate of drug-likeness (QED) is 0.836. The molecule has 0 bridgehead atoms. The van der Waals surface area contributed by atoms with Crippen LogP contribution in [0.4, 0.5) is 0 Å². The molecule has 134 valence electrons. The van der Waals surface area contributed by atoms with Crippen molar-refractivity contribution in [3.05, 3.63) is 23.8 Å². The summed E-state index contributed by atoms with van der Waals surface area (Å²) in [6.07, 6.45) is 2.56. The van der Waals surface area contributed by atoms with Crippen LogP contribution in [0.15, 0.2) is 23.3 Å². The molecule has 1 saturated heterocycles. The predicted molar refractivity (Wildman–Crippen MR) is 92.7 cm³/mol. The molecule has 2 heterocycles. The van der Waals surface area contributed by atoms with E-state index in [9.17, 15) is 9.59 Å². The predicted octanol–water partition coefficient (Wildman–Crippen LogP) is 1.98. The number of benzene rings is 1. The van der Waals surface area contributed by atoms with Gasteiger partial charge >= 0.3 is 0 Å². The molecular formula is C18H23N3O4. The van der Waals surface area contributed by atoms with Crippen LogP contribution in [-0.2, 0) is 9.59 Å². The number of carbonyl (C=O) groups is 2. The van der Waals surface area contributed by atoms with Gasteiger partial charge < -0.3 is 14.4 Å². The van der Waals surface area contributed by atoms with Crippen LogP contribution in [0, 0.1) is 0 Å². The van der Waals surface area contributed by atoms with Gasteiger partial charge in [0.25, 0.3) is 5.91 Å². The molecular weight excluding hydrogens is 322 g/mol. The maximum Gasteiger partial charge on any atom is 0.270 e. The van der Waals surface area contributed by atoms with E-state index in [2.05, 4.69) is 5.10 Å². The van der Waals surface area contributed by atoms with E-state index in [1.165, 1.54) is 5.01 Å². The van der Waals surface area contributed by atoms with E-state index < -0.39 is 0 Å². The zero-order chi connectivity index (χ0) is 18.0. The molecule has 2 amide bonds. The van der Waals surface area contributed by atoms with Gasteiger partial charge in [-0.05, 0) is 30.5 Å². The zero-order valence-corrected chi connectivity index (χ0v) is 14.8. The number of hydrogen-bond acceptors (Lipinski definition) is 5. The minimum Gasteiger partial charge on any atom is -0.493 e. The molecule has 0 aliphatic carbocycles. The van der Waals surface area contributed by atoms with Crippen LogP contribution < -0.4 is 9.47 Å². The number of hydrogen-bond donors (Lipinski definition) is 0. The maximum atomic E-state index is 12.9. The van der Waals surface area contributed by atoms with Gasteiger partial charge in [0.05, 0.1) is 20.3 Å². The number of methoxy groups -OCH3 is 2. The molecule has 3 rings (SSSR count). The van der Waals surface area contributed by atoms with Gasteiger partial charge in [0.2, 0.25) is 5.91 Å². The summed E-state index contributed by atoms with van der Waals surface area (Å²) in [7, 11) is 4.79. The van der Waals surface area contributed by atoms with Crippen LogP contribution in [0.1, 0.15) is 37.3 Å². The summed E-state index contributed by atoms with van der Waals surface area (Å²) < 4.78 is 10.7. The van der Waals surface area contributed by atoms with Crippen molar-refractivity contribution < 1.29 is 19.1 Å². The Morgan fingerprint density at radius 2 is 1.96 bits per heavy atom. The first kappa shape index (κ1) is 17.3. The van der Waals surface area contributed by atoms with Gasteiger partial charge in [-0.25, -0.2) is 5.01 Å². The van der Waals surface area contributed by atoms with Gasteiger partial charge in [-0.1, -0.05) is 6.07 Å². The molecule has 0 aromatic heterocycles. The van der Waals surface area contributed by atoms with Crippen molar-refractivity contribution >= 4 is 17.5 Å².